The van der Waals surface area contributed by atoms with E-state index < -0.39 is 0 Å². The molecular formula is C16H32N4. The summed E-state index contributed by atoms with van der Waals surface area (Å²) in [5, 5.41) is 0. The number of fused-ring (bicyclic) bond motifs is 2. The van der Waals surface area contributed by atoms with Crippen LogP contribution in [0.25, 0.3) is 0 Å². The number of rotatable bonds is 4. The summed E-state index contributed by atoms with van der Waals surface area (Å²) in [6, 6.07) is 0. The Kier molecular flexibility index (Phi) is 4.37. The molecule has 2 bridgehead atoms. The first-order valence-corrected chi connectivity index (χ1v) is 8.46. The van der Waals surface area contributed by atoms with E-state index in [4.69, 9.17) is 5.73 Å². The summed E-state index contributed by atoms with van der Waals surface area (Å²) in [5.41, 5.74) is 6.57. The summed E-state index contributed by atoms with van der Waals surface area (Å²) >= 11 is 0. The van der Waals surface area contributed by atoms with Crippen LogP contribution in [-0.2, 0) is 0 Å². The lowest BCUT2D eigenvalue weighted by molar-refractivity contribution is 0.0103. The highest BCUT2D eigenvalue weighted by Gasteiger charge is 2.47. The highest BCUT2D eigenvalue weighted by molar-refractivity contribution is 5.04. The molecule has 3 aliphatic rings. The van der Waals surface area contributed by atoms with Crippen molar-refractivity contribution in [3.8, 4) is 0 Å². The molecule has 0 amide bonds. The van der Waals surface area contributed by atoms with Gasteiger partial charge in [0.25, 0.3) is 0 Å². The summed E-state index contributed by atoms with van der Waals surface area (Å²) in [5.74, 6) is 1.68. The number of nitrogens with zero attached hydrogens (tertiary/aromatic N) is 3. The second kappa shape index (κ2) is 5.91. The van der Waals surface area contributed by atoms with Crippen LogP contribution >= 0.6 is 0 Å². The van der Waals surface area contributed by atoms with E-state index in [1.165, 1.54) is 65.0 Å². The first-order chi connectivity index (χ1) is 9.64. The van der Waals surface area contributed by atoms with E-state index in [2.05, 4.69) is 28.8 Å². The minimum Gasteiger partial charge on any atom is -0.329 e. The molecule has 3 rings (SSSR count). The highest BCUT2D eigenvalue weighted by atomic mass is 15.3. The molecule has 3 atom stereocenters. The lowest BCUT2D eigenvalue weighted by Gasteiger charge is -2.50. The van der Waals surface area contributed by atoms with Gasteiger partial charge in [-0.2, -0.15) is 0 Å². The number of likely N-dealkylation sites (N-methyl/N-ethyl adjacent to an activating group) is 1. The van der Waals surface area contributed by atoms with Crippen molar-refractivity contribution in [2.75, 3.05) is 59.9 Å². The third kappa shape index (κ3) is 2.63. The Morgan fingerprint density at radius 2 is 1.90 bits per heavy atom. The smallest absolute Gasteiger partial charge is 0.0381 e. The normalized spacial score (nSPS) is 39.6. The molecule has 0 aliphatic carbocycles. The second-order valence-electron chi connectivity index (χ2n) is 7.47. The predicted octanol–water partition coefficient (Wildman–Crippen LogP) is 0.683. The van der Waals surface area contributed by atoms with Gasteiger partial charge in [0.1, 0.15) is 0 Å². The molecule has 0 spiro atoms. The van der Waals surface area contributed by atoms with Crippen molar-refractivity contribution in [2.45, 2.75) is 31.2 Å². The largest absolute Gasteiger partial charge is 0.329 e. The van der Waals surface area contributed by atoms with Gasteiger partial charge >= 0.3 is 0 Å². The number of hydrogen-bond donors (Lipinski definition) is 1. The van der Waals surface area contributed by atoms with Crippen LogP contribution in [0.4, 0.5) is 0 Å². The van der Waals surface area contributed by atoms with Crippen LogP contribution < -0.4 is 5.73 Å². The van der Waals surface area contributed by atoms with Crippen molar-refractivity contribution in [3.05, 3.63) is 0 Å². The molecule has 20 heavy (non-hydrogen) atoms. The maximum atomic E-state index is 6.28. The quantitative estimate of drug-likeness (QED) is 0.822. The van der Waals surface area contributed by atoms with Gasteiger partial charge in [0.2, 0.25) is 0 Å². The van der Waals surface area contributed by atoms with Crippen LogP contribution in [0.5, 0.6) is 0 Å². The average molecular weight is 280 g/mol. The molecule has 0 aromatic heterocycles. The lowest BCUT2D eigenvalue weighted by atomic mass is 9.77. The zero-order valence-electron chi connectivity index (χ0n) is 13.4. The Morgan fingerprint density at radius 3 is 2.60 bits per heavy atom. The van der Waals surface area contributed by atoms with Crippen molar-refractivity contribution in [2.24, 2.45) is 17.6 Å². The predicted molar refractivity (Wildman–Crippen MR) is 83.8 cm³/mol. The SMILES string of the molecule is CN1CCC(CN(C)C2(CN)CCN3CCC2C3)CC1. The van der Waals surface area contributed by atoms with Crippen molar-refractivity contribution in [3.63, 3.8) is 0 Å². The van der Waals surface area contributed by atoms with Gasteiger partial charge in [-0.05, 0) is 77.8 Å². The third-order valence-electron chi connectivity index (χ3n) is 6.38. The molecular weight excluding hydrogens is 248 g/mol. The topological polar surface area (TPSA) is 35.7 Å². The van der Waals surface area contributed by atoms with Crippen LogP contribution in [0.1, 0.15) is 25.7 Å². The number of hydrogen-bond acceptors (Lipinski definition) is 4. The van der Waals surface area contributed by atoms with Gasteiger partial charge in [0, 0.05) is 25.2 Å². The summed E-state index contributed by atoms with van der Waals surface area (Å²) in [7, 11) is 4.59. The molecule has 4 nitrogen and oxygen atoms in total. The average Bonchev–Trinajstić information content (AvgIpc) is 2.86. The first-order valence-electron chi connectivity index (χ1n) is 8.46. The van der Waals surface area contributed by atoms with Crippen molar-refractivity contribution < 1.29 is 0 Å². The van der Waals surface area contributed by atoms with Gasteiger partial charge in [-0.25, -0.2) is 0 Å². The van der Waals surface area contributed by atoms with Crippen LogP contribution in [0, 0.1) is 11.8 Å². The molecule has 0 aromatic rings. The summed E-state index contributed by atoms with van der Waals surface area (Å²) < 4.78 is 0. The van der Waals surface area contributed by atoms with E-state index in [1.54, 1.807) is 0 Å². The molecule has 4 heteroatoms. The summed E-state index contributed by atoms with van der Waals surface area (Å²) in [6.07, 6.45) is 5.35. The fourth-order valence-corrected chi connectivity index (χ4v) is 4.77. The Balaban J connectivity index is 1.63. The van der Waals surface area contributed by atoms with Crippen LogP contribution in [0.2, 0.25) is 0 Å². The fourth-order valence-electron chi connectivity index (χ4n) is 4.77. The number of nitrogens with two attached hydrogens (primary N) is 1. The fraction of sp³-hybridized carbons (Fsp3) is 1.00. The zero-order chi connectivity index (χ0) is 14.2. The highest BCUT2D eigenvalue weighted by Crippen LogP contribution is 2.39. The molecule has 0 radical (unpaired) electrons. The van der Waals surface area contributed by atoms with Gasteiger partial charge < -0.3 is 15.5 Å². The maximum Gasteiger partial charge on any atom is 0.0381 e. The summed E-state index contributed by atoms with van der Waals surface area (Å²) in [4.78, 5) is 7.75. The number of piperidine rings is 2. The molecule has 2 N–H and O–H groups in total. The van der Waals surface area contributed by atoms with Gasteiger partial charge in [-0.15, -0.1) is 0 Å². The Morgan fingerprint density at radius 1 is 1.15 bits per heavy atom. The monoisotopic (exact) mass is 280 g/mol. The standard InChI is InChI=1S/C16H32N4/c1-18-7-3-14(4-8-18)11-19(2)16(13-17)6-10-20-9-5-15(16)12-20/h14-15H,3-13,17H2,1-2H3. The van der Waals surface area contributed by atoms with Gasteiger partial charge in [0.15, 0.2) is 0 Å². The van der Waals surface area contributed by atoms with Gasteiger partial charge in [0.05, 0.1) is 0 Å². The van der Waals surface area contributed by atoms with Gasteiger partial charge in [-0.1, -0.05) is 0 Å². The molecule has 3 unspecified atom stereocenters. The molecule has 3 fully saturated rings. The van der Waals surface area contributed by atoms with E-state index in [-0.39, 0.29) is 5.54 Å². The Hall–Kier alpha value is -0.160. The van der Waals surface area contributed by atoms with Gasteiger partial charge in [-0.3, -0.25) is 4.90 Å². The second-order valence-corrected chi connectivity index (χ2v) is 7.47. The molecule has 0 aromatic carbocycles. The third-order valence-corrected chi connectivity index (χ3v) is 6.38. The van der Waals surface area contributed by atoms with E-state index in [0.29, 0.717) is 0 Å². The van der Waals surface area contributed by atoms with Crippen molar-refractivity contribution >= 4 is 0 Å². The van der Waals surface area contributed by atoms with Crippen LogP contribution in [0.3, 0.4) is 0 Å². The molecule has 0 saturated carbocycles. The van der Waals surface area contributed by atoms with E-state index in [1.807, 2.05) is 0 Å². The van der Waals surface area contributed by atoms with E-state index in [0.717, 1.165) is 18.4 Å². The van der Waals surface area contributed by atoms with Crippen molar-refractivity contribution in [1.82, 2.24) is 14.7 Å². The Labute approximate surface area is 124 Å². The van der Waals surface area contributed by atoms with E-state index >= 15 is 0 Å². The zero-order valence-corrected chi connectivity index (χ0v) is 13.4. The minimum absolute atomic E-state index is 0.288. The molecule has 116 valence electrons. The van der Waals surface area contributed by atoms with Crippen molar-refractivity contribution in [1.29, 1.82) is 0 Å². The Bertz CT molecular complexity index is 326. The maximum absolute atomic E-state index is 6.28. The summed E-state index contributed by atoms with van der Waals surface area (Å²) in [6.45, 7) is 8.47. The number of likely N-dealkylation sites (tertiary alicyclic amines) is 1. The molecule has 3 heterocycles. The van der Waals surface area contributed by atoms with Crippen LogP contribution in [-0.4, -0.2) is 80.1 Å². The lowest BCUT2D eigenvalue weighted by Crippen LogP contribution is -2.62. The molecule has 3 aliphatic heterocycles. The van der Waals surface area contributed by atoms with Crippen LogP contribution in [0.15, 0.2) is 0 Å². The van der Waals surface area contributed by atoms with E-state index in [9.17, 15) is 0 Å². The molecule has 3 saturated heterocycles. The first kappa shape index (κ1) is 14.8. The minimum atomic E-state index is 0.288.